The van der Waals surface area contributed by atoms with Gasteiger partial charge in [-0.05, 0) is 36.6 Å². The van der Waals surface area contributed by atoms with Gasteiger partial charge in [-0.3, -0.25) is 4.90 Å². The number of aryl methyl sites for hydroxylation is 1. The van der Waals surface area contributed by atoms with Crippen LogP contribution in [0.5, 0.6) is 0 Å². The van der Waals surface area contributed by atoms with E-state index >= 15 is 0 Å². The Balaban J connectivity index is 2.19. The number of piperazine rings is 1. The molecule has 0 amide bonds. The molecule has 106 valence electrons. The SMILES string of the molecule is CCCC[C@H](c1ccc(F)cc1C)N1CCNCC1. The smallest absolute Gasteiger partial charge is 0.123 e. The van der Waals surface area contributed by atoms with Crippen molar-refractivity contribution in [1.82, 2.24) is 10.2 Å². The maximum atomic E-state index is 13.3. The van der Waals surface area contributed by atoms with Gasteiger partial charge >= 0.3 is 0 Å². The zero-order valence-corrected chi connectivity index (χ0v) is 12.1. The summed E-state index contributed by atoms with van der Waals surface area (Å²) in [5.74, 6) is -0.129. The van der Waals surface area contributed by atoms with Gasteiger partial charge in [-0.15, -0.1) is 0 Å². The van der Waals surface area contributed by atoms with Crippen LogP contribution in [-0.4, -0.2) is 31.1 Å². The summed E-state index contributed by atoms with van der Waals surface area (Å²) in [7, 11) is 0. The van der Waals surface area contributed by atoms with Crippen molar-refractivity contribution in [3.63, 3.8) is 0 Å². The quantitative estimate of drug-likeness (QED) is 0.878. The molecule has 1 aromatic carbocycles. The molecule has 2 nitrogen and oxygen atoms in total. The van der Waals surface area contributed by atoms with Crippen LogP contribution in [0.4, 0.5) is 4.39 Å². The third-order valence-electron chi connectivity index (χ3n) is 4.01. The number of nitrogens with one attached hydrogen (secondary N) is 1. The zero-order chi connectivity index (χ0) is 13.7. The second-order valence-electron chi connectivity index (χ2n) is 5.44. The number of hydrogen-bond donors (Lipinski definition) is 1. The molecule has 0 saturated carbocycles. The Labute approximate surface area is 116 Å². The highest BCUT2D eigenvalue weighted by Gasteiger charge is 2.22. The molecule has 0 unspecified atom stereocenters. The van der Waals surface area contributed by atoms with Crippen LogP contribution in [0.1, 0.15) is 43.4 Å². The van der Waals surface area contributed by atoms with Gasteiger partial charge in [0.1, 0.15) is 5.82 Å². The Kier molecular flexibility index (Phi) is 5.34. The lowest BCUT2D eigenvalue weighted by atomic mass is 9.95. The van der Waals surface area contributed by atoms with Gasteiger partial charge in [0.25, 0.3) is 0 Å². The van der Waals surface area contributed by atoms with Gasteiger partial charge in [0.05, 0.1) is 0 Å². The van der Waals surface area contributed by atoms with Gasteiger partial charge in [-0.1, -0.05) is 25.8 Å². The van der Waals surface area contributed by atoms with Gasteiger partial charge in [0, 0.05) is 32.2 Å². The van der Waals surface area contributed by atoms with Crippen LogP contribution >= 0.6 is 0 Å². The summed E-state index contributed by atoms with van der Waals surface area (Å²) in [6.07, 6.45) is 3.61. The largest absolute Gasteiger partial charge is 0.314 e. The molecule has 3 heteroatoms. The standard InChI is InChI=1S/C16H25FN2/c1-3-4-5-16(19-10-8-18-9-11-19)15-7-6-14(17)12-13(15)2/h6-7,12,16,18H,3-5,8-11H2,1-2H3/t16-/m1/s1. The molecule has 2 rings (SSSR count). The molecular weight excluding hydrogens is 239 g/mol. The number of nitrogens with zero attached hydrogens (tertiary/aromatic N) is 1. The zero-order valence-electron chi connectivity index (χ0n) is 12.1. The minimum Gasteiger partial charge on any atom is -0.314 e. The maximum Gasteiger partial charge on any atom is 0.123 e. The van der Waals surface area contributed by atoms with Gasteiger partial charge in [0.15, 0.2) is 0 Å². The number of hydrogen-bond acceptors (Lipinski definition) is 2. The van der Waals surface area contributed by atoms with Gasteiger partial charge in [-0.25, -0.2) is 4.39 Å². The second kappa shape index (κ2) is 7.01. The molecule has 0 radical (unpaired) electrons. The van der Waals surface area contributed by atoms with Crippen molar-refractivity contribution in [3.8, 4) is 0 Å². The van der Waals surface area contributed by atoms with E-state index < -0.39 is 0 Å². The van der Waals surface area contributed by atoms with E-state index in [1.165, 1.54) is 24.8 Å². The summed E-state index contributed by atoms with van der Waals surface area (Å²) in [6.45, 7) is 8.55. The van der Waals surface area contributed by atoms with Crippen LogP contribution in [0.3, 0.4) is 0 Å². The molecule has 19 heavy (non-hydrogen) atoms. The average Bonchev–Trinajstić information content (AvgIpc) is 2.42. The van der Waals surface area contributed by atoms with Gasteiger partial charge in [-0.2, -0.15) is 0 Å². The van der Waals surface area contributed by atoms with Crippen molar-refractivity contribution < 1.29 is 4.39 Å². The highest BCUT2D eigenvalue weighted by Crippen LogP contribution is 2.29. The van der Waals surface area contributed by atoms with E-state index in [4.69, 9.17) is 0 Å². The normalized spacial score (nSPS) is 18.5. The maximum absolute atomic E-state index is 13.3. The second-order valence-corrected chi connectivity index (χ2v) is 5.44. The van der Waals surface area contributed by atoms with Crippen molar-refractivity contribution in [2.24, 2.45) is 0 Å². The van der Waals surface area contributed by atoms with Gasteiger partial charge < -0.3 is 5.32 Å². The Morgan fingerprint density at radius 2 is 2.05 bits per heavy atom. The predicted octanol–water partition coefficient (Wildman–Crippen LogP) is 3.27. The Morgan fingerprint density at radius 1 is 1.32 bits per heavy atom. The number of unbranched alkanes of at least 4 members (excludes halogenated alkanes) is 1. The van der Waals surface area contributed by atoms with Crippen LogP contribution in [0.2, 0.25) is 0 Å². The van der Waals surface area contributed by atoms with Crippen LogP contribution in [0.25, 0.3) is 0 Å². The molecular formula is C16H25FN2. The fourth-order valence-corrected chi connectivity index (χ4v) is 2.94. The fraction of sp³-hybridized carbons (Fsp3) is 0.625. The van der Waals surface area contributed by atoms with Gasteiger partial charge in [0.2, 0.25) is 0 Å². The Hall–Kier alpha value is -0.930. The highest BCUT2D eigenvalue weighted by molar-refractivity contribution is 5.29. The van der Waals surface area contributed by atoms with E-state index in [0.717, 1.165) is 31.7 Å². The lowest BCUT2D eigenvalue weighted by Crippen LogP contribution is -2.45. The number of halogens is 1. The first kappa shape index (κ1) is 14.5. The third-order valence-corrected chi connectivity index (χ3v) is 4.01. The summed E-state index contributed by atoms with van der Waals surface area (Å²) < 4.78 is 13.3. The molecule has 1 aliphatic heterocycles. The topological polar surface area (TPSA) is 15.3 Å². The number of benzene rings is 1. The molecule has 1 aliphatic rings. The molecule has 1 N–H and O–H groups in total. The minimum absolute atomic E-state index is 0.129. The first-order valence-electron chi connectivity index (χ1n) is 7.43. The van der Waals surface area contributed by atoms with Crippen LogP contribution in [-0.2, 0) is 0 Å². The molecule has 0 bridgehead atoms. The molecule has 1 heterocycles. The van der Waals surface area contributed by atoms with Crippen LogP contribution < -0.4 is 5.32 Å². The molecule has 0 aromatic heterocycles. The summed E-state index contributed by atoms with van der Waals surface area (Å²) in [4.78, 5) is 2.55. The predicted molar refractivity (Wildman–Crippen MR) is 77.8 cm³/mol. The molecule has 1 fully saturated rings. The van der Waals surface area contributed by atoms with E-state index in [0.29, 0.717) is 6.04 Å². The molecule has 1 aromatic rings. The molecule has 0 aliphatic carbocycles. The van der Waals surface area contributed by atoms with Crippen molar-refractivity contribution in [2.75, 3.05) is 26.2 Å². The van der Waals surface area contributed by atoms with Crippen LogP contribution in [0.15, 0.2) is 18.2 Å². The molecule has 1 atom stereocenters. The van der Waals surface area contributed by atoms with E-state index in [9.17, 15) is 4.39 Å². The third kappa shape index (κ3) is 3.77. The van der Waals surface area contributed by atoms with Crippen molar-refractivity contribution in [3.05, 3.63) is 35.1 Å². The fourth-order valence-electron chi connectivity index (χ4n) is 2.94. The minimum atomic E-state index is -0.129. The lowest BCUT2D eigenvalue weighted by molar-refractivity contribution is 0.162. The van der Waals surface area contributed by atoms with Crippen molar-refractivity contribution in [1.29, 1.82) is 0 Å². The van der Waals surface area contributed by atoms with E-state index in [-0.39, 0.29) is 5.82 Å². The van der Waals surface area contributed by atoms with Crippen molar-refractivity contribution in [2.45, 2.75) is 39.2 Å². The summed E-state index contributed by atoms with van der Waals surface area (Å²) in [5, 5.41) is 3.40. The first-order valence-corrected chi connectivity index (χ1v) is 7.43. The summed E-state index contributed by atoms with van der Waals surface area (Å²) >= 11 is 0. The first-order chi connectivity index (χ1) is 9.22. The lowest BCUT2D eigenvalue weighted by Gasteiger charge is -2.36. The Morgan fingerprint density at radius 3 is 2.68 bits per heavy atom. The monoisotopic (exact) mass is 264 g/mol. The summed E-state index contributed by atoms with van der Waals surface area (Å²) in [5.41, 5.74) is 2.39. The molecule has 1 saturated heterocycles. The number of rotatable bonds is 5. The molecule has 0 spiro atoms. The van der Waals surface area contributed by atoms with Crippen LogP contribution in [0, 0.1) is 12.7 Å². The van der Waals surface area contributed by atoms with Crippen molar-refractivity contribution >= 4 is 0 Å². The van der Waals surface area contributed by atoms with E-state index in [1.807, 2.05) is 13.0 Å². The highest BCUT2D eigenvalue weighted by atomic mass is 19.1. The van der Waals surface area contributed by atoms with E-state index in [2.05, 4.69) is 17.1 Å². The average molecular weight is 264 g/mol. The summed E-state index contributed by atoms with van der Waals surface area (Å²) in [6, 6.07) is 5.69. The van der Waals surface area contributed by atoms with E-state index in [1.54, 1.807) is 12.1 Å². The Bertz CT molecular complexity index is 400.